The molecule has 0 saturated heterocycles. The van der Waals surface area contributed by atoms with E-state index in [0.29, 0.717) is 16.9 Å². The van der Waals surface area contributed by atoms with Gasteiger partial charge in [0, 0.05) is 6.20 Å². The molecule has 0 amide bonds. The topological polar surface area (TPSA) is 58.6 Å². The zero-order chi connectivity index (χ0) is 9.26. The molecule has 4 nitrogen and oxygen atoms in total. The number of aromatic nitrogens is 3. The van der Waals surface area contributed by atoms with E-state index in [1.165, 1.54) is 0 Å². The first kappa shape index (κ1) is 8.19. The van der Waals surface area contributed by atoms with Crippen LogP contribution in [0.4, 0.5) is 0 Å². The van der Waals surface area contributed by atoms with E-state index in [2.05, 4.69) is 15.0 Å². The van der Waals surface area contributed by atoms with E-state index in [9.17, 15) is 4.79 Å². The monoisotopic (exact) mass is 195 g/mol. The lowest BCUT2D eigenvalue weighted by molar-refractivity contribution is 1.02. The van der Waals surface area contributed by atoms with Gasteiger partial charge in [0.2, 0.25) is 0 Å². The first-order valence-electron chi connectivity index (χ1n) is 3.71. The van der Waals surface area contributed by atoms with Gasteiger partial charge in [-0.3, -0.25) is 4.79 Å². The van der Waals surface area contributed by atoms with Gasteiger partial charge in [0.1, 0.15) is 5.82 Å². The zero-order valence-electron chi connectivity index (χ0n) is 6.62. The molecule has 66 valence electrons. The first-order valence-corrected chi connectivity index (χ1v) is 4.24. The number of aromatic amines is 1. The Hall–Kier alpha value is -1.42. The molecule has 0 spiro atoms. The predicted molar refractivity (Wildman–Crippen MR) is 49.7 cm³/mol. The summed E-state index contributed by atoms with van der Waals surface area (Å²) in [5.74, 6) is 0.625. The molecule has 0 fully saturated rings. The molecular formula is C8H6ClN3O. The molecule has 0 aliphatic carbocycles. The highest BCUT2D eigenvalue weighted by atomic mass is 35.5. The van der Waals surface area contributed by atoms with E-state index >= 15 is 0 Å². The summed E-state index contributed by atoms with van der Waals surface area (Å²) in [4.78, 5) is 21.9. The molecular weight excluding hydrogens is 190 g/mol. The van der Waals surface area contributed by atoms with E-state index < -0.39 is 0 Å². The van der Waals surface area contributed by atoms with E-state index in [4.69, 9.17) is 11.6 Å². The van der Waals surface area contributed by atoms with Crippen molar-refractivity contribution >= 4 is 22.6 Å². The number of alkyl halides is 1. The fourth-order valence-electron chi connectivity index (χ4n) is 1.08. The van der Waals surface area contributed by atoms with Gasteiger partial charge in [0.25, 0.3) is 5.56 Å². The fourth-order valence-corrected chi connectivity index (χ4v) is 1.21. The zero-order valence-corrected chi connectivity index (χ0v) is 7.38. The van der Waals surface area contributed by atoms with Crippen molar-refractivity contribution in [2.75, 3.05) is 0 Å². The summed E-state index contributed by atoms with van der Waals surface area (Å²) >= 11 is 5.54. The summed E-state index contributed by atoms with van der Waals surface area (Å²) in [6.07, 6.45) is 1.59. The molecule has 0 radical (unpaired) electrons. The average Bonchev–Trinajstić information content (AvgIpc) is 2.18. The first-order chi connectivity index (χ1) is 6.31. The second-order valence-electron chi connectivity index (χ2n) is 2.52. The molecule has 5 heteroatoms. The number of halogens is 1. The Kier molecular flexibility index (Phi) is 1.98. The van der Waals surface area contributed by atoms with Crippen LogP contribution >= 0.6 is 11.6 Å². The molecule has 2 heterocycles. The summed E-state index contributed by atoms with van der Waals surface area (Å²) in [7, 11) is 0. The molecule has 0 aliphatic heterocycles. The molecule has 0 aliphatic rings. The number of pyridine rings is 1. The highest BCUT2D eigenvalue weighted by Crippen LogP contribution is 2.02. The number of fused-ring (bicyclic) bond motifs is 1. The lowest BCUT2D eigenvalue weighted by Crippen LogP contribution is -2.11. The van der Waals surface area contributed by atoms with Gasteiger partial charge >= 0.3 is 0 Å². The van der Waals surface area contributed by atoms with Crippen molar-refractivity contribution in [3.05, 3.63) is 34.5 Å². The maximum atomic E-state index is 11.4. The Bertz CT molecular complexity index is 494. The lowest BCUT2D eigenvalue weighted by Gasteiger charge is -1.97. The summed E-state index contributed by atoms with van der Waals surface area (Å²) in [6.45, 7) is 0. The van der Waals surface area contributed by atoms with Gasteiger partial charge in [0.05, 0.1) is 11.3 Å². The summed E-state index contributed by atoms with van der Waals surface area (Å²) in [5, 5.41) is 0.483. The Labute approximate surface area is 78.6 Å². The number of nitrogens with one attached hydrogen (secondary N) is 1. The molecule has 2 aromatic heterocycles. The Morgan fingerprint density at radius 1 is 1.54 bits per heavy atom. The van der Waals surface area contributed by atoms with Crippen molar-refractivity contribution in [3.63, 3.8) is 0 Å². The van der Waals surface area contributed by atoms with Crippen molar-refractivity contribution in [2.45, 2.75) is 5.88 Å². The molecule has 2 aromatic rings. The van der Waals surface area contributed by atoms with Crippen molar-refractivity contribution in [3.8, 4) is 0 Å². The predicted octanol–water partition coefficient (Wildman–Crippen LogP) is 1.06. The van der Waals surface area contributed by atoms with E-state index in [0.717, 1.165) is 0 Å². The molecule has 2 rings (SSSR count). The minimum absolute atomic E-state index is 0.182. The van der Waals surface area contributed by atoms with Crippen LogP contribution in [0, 0.1) is 0 Å². The second kappa shape index (κ2) is 3.14. The third-order valence-electron chi connectivity index (χ3n) is 1.66. The molecule has 0 aromatic carbocycles. The molecule has 0 unspecified atom stereocenters. The maximum Gasteiger partial charge on any atom is 0.260 e. The molecule has 0 atom stereocenters. The van der Waals surface area contributed by atoms with Crippen LogP contribution in [0.1, 0.15) is 5.82 Å². The fraction of sp³-hybridized carbons (Fsp3) is 0.125. The van der Waals surface area contributed by atoms with E-state index in [-0.39, 0.29) is 11.4 Å². The lowest BCUT2D eigenvalue weighted by atomic mass is 10.3. The SMILES string of the molecule is O=c1[nH]c(CCl)nc2ncccc12. The van der Waals surface area contributed by atoms with Crippen LogP contribution in [-0.4, -0.2) is 15.0 Å². The van der Waals surface area contributed by atoms with Crippen LogP contribution in [0.2, 0.25) is 0 Å². The van der Waals surface area contributed by atoms with Gasteiger partial charge in [-0.2, -0.15) is 0 Å². The van der Waals surface area contributed by atoms with Crippen LogP contribution in [0.15, 0.2) is 23.1 Å². The van der Waals surface area contributed by atoms with Crippen molar-refractivity contribution in [1.29, 1.82) is 0 Å². The van der Waals surface area contributed by atoms with E-state index in [1.54, 1.807) is 18.3 Å². The second-order valence-corrected chi connectivity index (χ2v) is 2.79. The molecule has 13 heavy (non-hydrogen) atoms. The van der Waals surface area contributed by atoms with Crippen LogP contribution in [0.3, 0.4) is 0 Å². The average molecular weight is 196 g/mol. The normalized spacial score (nSPS) is 10.5. The number of hydrogen-bond donors (Lipinski definition) is 1. The van der Waals surface area contributed by atoms with Gasteiger partial charge < -0.3 is 4.98 Å². The number of hydrogen-bond acceptors (Lipinski definition) is 3. The Balaban J connectivity index is 2.85. The maximum absolute atomic E-state index is 11.4. The van der Waals surface area contributed by atoms with Gasteiger partial charge in [-0.1, -0.05) is 0 Å². The van der Waals surface area contributed by atoms with Crippen LogP contribution < -0.4 is 5.56 Å². The standard InChI is InChI=1S/C8H6ClN3O/c9-4-6-11-7-5(8(13)12-6)2-1-3-10-7/h1-3H,4H2,(H,10,11,12,13). The highest BCUT2D eigenvalue weighted by Gasteiger charge is 2.01. The molecule has 1 N–H and O–H groups in total. The number of rotatable bonds is 1. The largest absolute Gasteiger partial charge is 0.309 e. The van der Waals surface area contributed by atoms with Gasteiger partial charge in [0.15, 0.2) is 5.65 Å². The summed E-state index contributed by atoms with van der Waals surface area (Å²) in [6, 6.07) is 3.37. The van der Waals surface area contributed by atoms with Crippen molar-refractivity contribution in [2.24, 2.45) is 0 Å². The van der Waals surface area contributed by atoms with Gasteiger partial charge in [-0.25, -0.2) is 9.97 Å². The van der Waals surface area contributed by atoms with Crippen LogP contribution in [0.25, 0.3) is 11.0 Å². The van der Waals surface area contributed by atoms with Crippen LogP contribution in [-0.2, 0) is 5.88 Å². The van der Waals surface area contributed by atoms with Crippen molar-refractivity contribution in [1.82, 2.24) is 15.0 Å². The quantitative estimate of drug-likeness (QED) is 0.693. The number of H-pyrrole nitrogens is 1. The third-order valence-corrected chi connectivity index (χ3v) is 1.91. The summed E-state index contributed by atoms with van der Waals surface area (Å²) in [5.41, 5.74) is 0.232. The minimum atomic E-state index is -0.200. The smallest absolute Gasteiger partial charge is 0.260 e. The molecule has 0 saturated carbocycles. The third kappa shape index (κ3) is 1.40. The van der Waals surface area contributed by atoms with Crippen LogP contribution in [0.5, 0.6) is 0 Å². The van der Waals surface area contributed by atoms with Gasteiger partial charge in [-0.05, 0) is 12.1 Å². The molecule has 0 bridgehead atoms. The van der Waals surface area contributed by atoms with Gasteiger partial charge in [-0.15, -0.1) is 11.6 Å². The Morgan fingerprint density at radius 3 is 3.15 bits per heavy atom. The van der Waals surface area contributed by atoms with Crippen molar-refractivity contribution < 1.29 is 0 Å². The summed E-state index contributed by atoms with van der Waals surface area (Å²) < 4.78 is 0. The number of nitrogens with zero attached hydrogens (tertiary/aromatic N) is 2. The Morgan fingerprint density at radius 2 is 2.38 bits per heavy atom. The van der Waals surface area contributed by atoms with E-state index in [1.807, 2.05) is 0 Å². The highest BCUT2D eigenvalue weighted by molar-refractivity contribution is 6.16. The minimum Gasteiger partial charge on any atom is -0.309 e.